The number of fused-ring (bicyclic) bond motifs is 1. The van der Waals surface area contributed by atoms with Gasteiger partial charge in [-0.25, -0.2) is 15.0 Å². The maximum Gasteiger partial charge on any atom is 0.256 e. The number of rotatable bonds is 3. The molecular formula is C24H27N7O. The molecule has 0 aliphatic carbocycles. The molecule has 1 fully saturated rings. The molecule has 0 unspecified atom stereocenters. The lowest BCUT2D eigenvalue weighted by Crippen LogP contribution is -2.20. The van der Waals surface area contributed by atoms with Gasteiger partial charge in [0.15, 0.2) is 0 Å². The number of imidazole rings is 1. The van der Waals surface area contributed by atoms with E-state index in [1.807, 2.05) is 22.6 Å². The predicted octanol–water partition coefficient (Wildman–Crippen LogP) is 3.73. The van der Waals surface area contributed by atoms with Crippen LogP contribution < -0.4 is 11.1 Å². The molecule has 3 N–H and O–H groups in total. The zero-order valence-electron chi connectivity index (χ0n) is 18.3. The molecule has 1 atom stereocenters. The van der Waals surface area contributed by atoms with Crippen molar-refractivity contribution in [3.05, 3.63) is 72.9 Å². The Morgan fingerprint density at radius 2 is 1.91 bits per heavy atom. The van der Waals surface area contributed by atoms with Crippen molar-refractivity contribution in [2.24, 2.45) is 0 Å². The number of pyridine rings is 1. The molecule has 1 saturated heterocycles. The summed E-state index contributed by atoms with van der Waals surface area (Å²) < 4.78 is 1.82. The van der Waals surface area contributed by atoms with Gasteiger partial charge in [-0.15, -0.1) is 0 Å². The second kappa shape index (κ2) is 9.57. The van der Waals surface area contributed by atoms with Crippen molar-refractivity contribution in [1.82, 2.24) is 24.3 Å². The summed E-state index contributed by atoms with van der Waals surface area (Å²) in [6, 6.07) is 13.3. The van der Waals surface area contributed by atoms with E-state index in [0.29, 0.717) is 17.2 Å². The van der Waals surface area contributed by atoms with Crippen LogP contribution in [0.2, 0.25) is 0 Å². The Balaban J connectivity index is 0.000000300. The van der Waals surface area contributed by atoms with E-state index >= 15 is 0 Å². The van der Waals surface area contributed by atoms with Crippen LogP contribution in [0, 0.1) is 0 Å². The second-order valence-corrected chi connectivity index (χ2v) is 7.88. The molecule has 0 saturated carbocycles. The Labute approximate surface area is 187 Å². The third kappa shape index (κ3) is 4.76. The van der Waals surface area contributed by atoms with E-state index in [1.165, 1.54) is 19.4 Å². The van der Waals surface area contributed by atoms with Gasteiger partial charge in [0.25, 0.3) is 5.91 Å². The van der Waals surface area contributed by atoms with E-state index < -0.39 is 0 Å². The fourth-order valence-corrected chi connectivity index (χ4v) is 3.67. The largest absolute Gasteiger partial charge is 0.382 e. The Hall–Kier alpha value is -3.78. The van der Waals surface area contributed by atoms with Crippen molar-refractivity contribution >= 4 is 23.1 Å². The monoisotopic (exact) mass is 429 g/mol. The van der Waals surface area contributed by atoms with Gasteiger partial charge in [-0.2, -0.15) is 0 Å². The number of benzene rings is 1. The molecule has 3 aromatic heterocycles. The second-order valence-electron chi connectivity index (χ2n) is 7.88. The lowest BCUT2D eigenvalue weighted by Gasteiger charge is -2.12. The molecule has 8 heteroatoms. The Bertz CT molecular complexity index is 1180. The third-order valence-electron chi connectivity index (χ3n) is 5.69. The number of nitrogens with one attached hydrogen (secondary N) is 1. The van der Waals surface area contributed by atoms with Gasteiger partial charge in [0, 0.05) is 35.8 Å². The molecule has 4 aromatic rings. The van der Waals surface area contributed by atoms with Gasteiger partial charge < -0.3 is 20.4 Å². The predicted molar refractivity (Wildman–Crippen MR) is 126 cm³/mol. The Kier molecular flexibility index (Phi) is 6.42. The molecule has 8 nitrogen and oxygen atoms in total. The van der Waals surface area contributed by atoms with E-state index in [2.05, 4.69) is 39.1 Å². The third-order valence-corrected chi connectivity index (χ3v) is 5.69. The molecular weight excluding hydrogens is 402 g/mol. The summed E-state index contributed by atoms with van der Waals surface area (Å²) in [4.78, 5) is 27.3. The van der Waals surface area contributed by atoms with Gasteiger partial charge >= 0.3 is 0 Å². The summed E-state index contributed by atoms with van der Waals surface area (Å²) in [5.41, 5.74) is 8.82. The molecule has 0 spiro atoms. The minimum absolute atomic E-state index is 0.221. The van der Waals surface area contributed by atoms with Crippen LogP contribution in [0.4, 0.5) is 11.6 Å². The molecule has 32 heavy (non-hydrogen) atoms. The average molecular weight is 430 g/mol. The van der Waals surface area contributed by atoms with Gasteiger partial charge in [-0.1, -0.05) is 18.2 Å². The first-order valence-electron chi connectivity index (χ1n) is 10.6. The first-order chi connectivity index (χ1) is 15.5. The number of carbonyl (C=O) groups is 1. The van der Waals surface area contributed by atoms with E-state index in [4.69, 9.17) is 5.73 Å². The van der Waals surface area contributed by atoms with Crippen LogP contribution in [0.25, 0.3) is 16.8 Å². The molecule has 1 aliphatic rings. The highest BCUT2D eigenvalue weighted by Crippen LogP contribution is 2.26. The molecule has 1 aliphatic heterocycles. The number of hydrogen-bond donors (Lipinski definition) is 2. The molecule has 4 heterocycles. The lowest BCUT2D eigenvalue weighted by molar-refractivity contribution is 0.102. The highest BCUT2D eigenvalue weighted by molar-refractivity contribution is 6.04. The van der Waals surface area contributed by atoms with Crippen molar-refractivity contribution in [3.8, 4) is 11.3 Å². The summed E-state index contributed by atoms with van der Waals surface area (Å²) in [6.45, 7) is 3.59. The van der Waals surface area contributed by atoms with E-state index in [-0.39, 0.29) is 5.91 Å². The van der Waals surface area contributed by atoms with Crippen molar-refractivity contribution < 1.29 is 4.79 Å². The van der Waals surface area contributed by atoms with Crippen molar-refractivity contribution in [2.45, 2.75) is 25.8 Å². The van der Waals surface area contributed by atoms with Crippen LogP contribution in [0.5, 0.6) is 0 Å². The van der Waals surface area contributed by atoms with Crippen LogP contribution in [0.15, 0.2) is 67.4 Å². The normalized spacial score (nSPS) is 15.9. The summed E-state index contributed by atoms with van der Waals surface area (Å²) >= 11 is 0. The van der Waals surface area contributed by atoms with Gasteiger partial charge in [0.05, 0.1) is 5.69 Å². The summed E-state index contributed by atoms with van der Waals surface area (Å²) in [7, 11) is 2.19. The number of anilines is 2. The number of likely N-dealkylation sites (tertiary alicyclic amines) is 1. The highest BCUT2D eigenvalue weighted by Gasteiger charge is 2.14. The topological polar surface area (TPSA) is 101 Å². The van der Waals surface area contributed by atoms with Crippen LogP contribution in [-0.4, -0.2) is 49.8 Å². The van der Waals surface area contributed by atoms with E-state index in [1.54, 1.807) is 49.2 Å². The first-order valence-corrected chi connectivity index (χ1v) is 10.6. The summed E-state index contributed by atoms with van der Waals surface area (Å²) in [5.74, 6) is 0.698. The fraction of sp³-hybridized carbons (Fsp3) is 0.250. The first kappa shape index (κ1) is 21.5. The van der Waals surface area contributed by atoms with E-state index in [0.717, 1.165) is 22.8 Å². The SMILES string of the molecule is C[C@H]1CCCN1C.Nc1nccn2cnc(-c3ccc(C(=O)Nc4ccccn4)cc3)c12. The molecule has 1 aromatic carbocycles. The lowest BCUT2D eigenvalue weighted by atomic mass is 10.1. The van der Waals surface area contributed by atoms with Gasteiger partial charge in [-0.3, -0.25) is 4.79 Å². The molecule has 1 amide bonds. The van der Waals surface area contributed by atoms with Crippen LogP contribution in [0.3, 0.4) is 0 Å². The van der Waals surface area contributed by atoms with Crippen LogP contribution in [-0.2, 0) is 0 Å². The van der Waals surface area contributed by atoms with Gasteiger partial charge in [0.1, 0.15) is 23.5 Å². The number of nitrogen functional groups attached to an aromatic ring is 1. The van der Waals surface area contributed by atoms with Crippen LogP contribution in [0.1, 0.15) is 30.1 Å². The number of aromatic nitrogens is 4. The van der Waals surface area contributed by atoms with Crippen molar-refractivity contribution in [2.75, 3.05) is 24.6 Å². The Morgan fingerprint density at radius 3 is 2.53 bits per heavy atom. The van der Waals surface area contributed by atoms with Crippen molar-refractivity contribution in [1.29, 1.82) is 0 Å². The zero-order chi connectivity index (χ0) is 22.5. The number of nitrogens with zero attached hydrogens (tertiary/aromatic N) is 5. The van der Waals surface area contributed by atoms with Crippen molar-refractivity contribution in [3.63, 3.8) is 0 Å². The highest BCUT2D eigenvalue weighted by atomic mass is 16.1. The van der Waals surface area contributed by atoms with Gasteiger partial charge in [-0.05, 0) is 57.6 Å². The molecule has 0 bridgehead atoms. The number of hydrogen-bond acceptors (Lipinski definition) is 6. The van der Waals surface area contributed by atoms with E-state index in [9.17, 15) is 4.79 Å². The quantitative estimate of drug-likeness (QED) is 0.515. The minimum Gasteiger partial charge on any atom is -0.382 e. The summed E-state index contributed by atoms with van der Waals surface area (Å²) in [6.07, 6.45) is 9.52. The average Bonchev–Trinajstić information content (AvgIpc) is 3.41. The van der Waals surface area contributed by atoms with Crippen LogP contribution >= 0.6 is 0 Å². The standard InChI is InChI=1S/C18H14N6O.C6H13N/c19-17-16-15(22-11-24(16)10-9-21-17)12-4-6-13(7-5-12)18(25)23-14-3-1-2-8-20-14;1-6-4-3-5-7(6)2/h1-11H,(H2,19,21)(H,20,23,25);6H,3-5H2,1-2H3/t;6-/m.0/s1. The minimum atomic E-state index is -0.221. The maximum absolute atomic E-state index is 12.3. The van der Waals surface area contributed by atoms with Gasteiger partial charge in [0.2, 0.25) is 0 Å². The molecule has 5 rings (SSSR count). The fourth-order valence-electron chi connectivity index (χ4n) is 3.67. The zero-order valence-corrected chi connectivity index (χ0v) is 18.3. The smallest absolute Gasteiger partial charge is 0.256 e. The molecule has 0 radical (unpaired) electrons. The summed E-state index contributed by atoms with van der Waals surface area (Å²) in [5, 5.41) is 2.75. The number of amides is 1. The number of nitrogens with two attached hydrogens (primary N) is 1. The number of carbonyl (C=O) groups excluding carboxylic acids is 1. The molecule has 164 valence electrons. The maximum atomic E-state index is 12.3. The Morgan fingerprint density at radius 1 is 1.09 bits per heavy atom.